The van der Waals surface area contributed by atoms with Gasteiger partial charge in [0.1, 0.15) is 5.75 Å². The van der Waals surface area contributed by atoms with Crippen molar-refractivity contribution in [2.75, 3.05) is 5.73 Å². The van der Waals surface area contributed by atoms with Crippen LogP contribution < -0.4 is 10.5 Å². The summed E-state index contributed by atoms with van der Waals surface area (Å²) in [5.41, 5.74) is 6.98. The molecule has 0 spiro atoms. The Balaban J connectivity index is 2.03. The highest BCUT2D eigenvalue weighted by atomic mass is 16.5. The van der Waals surface area contributed by atoms with Crippen LogP contribution >= 0.6 is 0 Å². The molecule has 3 aromatic rings. The van der Waals surface area contributed by atoms with Crippen LogP contribution in [-0.2, 0) is 0 Å². The van der Waals surface area contributed by atoms with Gasteiger partial charge in [0.2, 0.25) is 11.8 Å². The summed E-state index contributed by atoms with van der Waals surface area (Å²) in [6.07, 6.45) is 0. The largest absolute Gasteiger partial charge is 0.438 e. The molecule has 3 rings (SSSR count). The van der Waals surface area contributed by atoms with Crippen molar-refractivity contribution in [3.8, 4) is 17.7 Å². The molecule has 0 aliphatic heterocycles. The average Bonchev–Trinajstić information content (AvgIpc) is 2.48. The van der Waals surface area contributed by atoms with Gasteiger partial charge < -0.3 is 10.5 Å². The molecule has 2 N–H and O–H groups in total. The Hall–Kier alpha value is -3.13. The van der Waals surface area contributed by atoms with E-state index in [1.807, 2.05) is 24.3 Å². The average molecular weight is 262 g/mol. The van der Waals surface area contributed by atoms with Crippen molar-refractivity contribution in [3.63, 3.8) is 0 Å². The maximum absolute atomic E-state index is 8.77. The van der Waals surface area contributed by atoms with Gasteiger partial charge in [0.15, 0.2) is 0 Å². The Morgan fingerprint density at radius 1 is 1.00 bits per heavy atom. The molecule has 1 aromatic heterocycles. The van der Waals surface area contributed by atoms with Crippen molar-refractivity contribution in [2.24, 2.45) is 0 Å². The van der Waals surface area contributed by atoms with Gasteiger partial charge in [-0.2, -0.15) is 10.2 Å². The minimum atomic E-state index is 0.160. The number of nitrogens with two attached hydrogens (primary N) is 1. The second-order valence-electron chi connectivity index (χ2n) is 4.14. The van der Waals surface area contributed by atoms with Gasteiger partial charge in [-0.1, -0.05) is 12.1 Å². The number of aromatic nitrogens is 2. The van der Waals surface area contributed by atoms with E-state index in [1.54, 1.807) is 24.3 Å². The zero-order valence-corrected chi connectivity index (χ0v) is 10.4. The molecule has 5 heteroatoms. The number of nitrogens with zero attached hydrogens (tertiary/aromatic N) is 3. The van der Waals surface area contributed by atoms with Crippen LogP contribution in [0, 0.1) is 11.3 Å². The van der Waals surface area contributed by atoms with Crippen LogP contribution in [0.1, 0.15) is 5.56 Å². The lowest BCUT2D eigenvalue weighted by Crippen LogP contribution is -1.98. The first-order chi connectivity index (χ1) is 9.76. The quantitative estimate of drug-likeness (QED) is 0.767. The maximum atomic E-state index is 8.77. The van der Waals surface area contributed by atoms with E-state index in [1.165, 1.54) is 0 Å². The van der Waals surface area contributed by atoms with Crippen LogP contribution in [0.25, 0.3) is 10.9 Å². The summed E-state index contributed by atoms with van der Waals surface area (Å²) in [4.78, 5) is 8.27. The van der Waals surface area contributed by atoms with Crippen LogP contribution in [0.4, 0.5) is 5.95 Å². The number of para-hydroxylation sites is 1. The van der Waals surface area contributed by atoms with Gasteiger partial charge in [-0.15, -0.1) is 0 Å². The van der Waals surface area contributed by atoms with Crippen LogP contribution in [0.15, 0.2) is 48.5 Å². The van der Waals surface area contributed by atoms with Crippen LogP contribution in [0.3, 0.4) is 0 Å². The van der Waals surface area contributed by atoms with Gasteiger partial charge in [-0.3, -0.25) is 0 Å². The number of rotatable bonds is 2. The molecule has 5 nitrogen and oxygen atoms in total. The molecule has 0 fully saturated rings. The highest BCUT2D eigenvalue weighted by Crippen LogP contribution is 2.27. The third kappa shape index (κ3) is 2.22. The van der Waals surface area contributed by atoms with Crippen LogP contribution in [0.2, 0.25) is 0 Å². The first-order valence-electron chi connectivity index (χ1n) is 5.96. The minimum absolute atomic E-state index is 0.160. The summed E-state index contributed by atoms with van der Waals surface area (Å²) in [5.74, 6) is 1.15. The third-order valence-electron chi connectivity index (χ3n) is 2.78. The summed E-state index contributed by atoms with van der Waals surface area (Å²) in [7, 11) is 0. The van der Waals surface area contributed by atoms with E-state index in [-0.39, 0.29) is 5.95 Å². The van der Waals surface area contributed by atoms with Crippen molar-refractivity contribution in [2.45, 2.75) is 0 Å². The number of benzene rings is 2. The maximum Gasteiger partial charge on any atom is 0.231 e. The van der Waals surface area contributed by atoms with Gasteiger partial charge in [0, 0.05) is 0 Å². The fraction of sp³-hybridized carbons (Fsp3) is 0. The van der Waals surface area contributed by atoms with Crippen molar-refractivity contribution in [1.82, 2.24) is 9.97 Å². The number of ether oxygens (including phenoxy) is 1. The monoisotopic (exact) mass is 262 g/mol. The van der Waals surface area contributed by atoms with Gasteiger partial charge in [0.05, 0.1) is 22.5 Å². The Morgan fingerprint density at radius 3 is 2.50 bits per heavy atom. The molecular weight excluding hydrogens is 252 g/mol. The fourth-order valence-corrected chi connectivity index (χ4v) is 1.85. The standard InChI is InChI=1S/C15H10N4O/c16-9-10-5-7-11(8-6-10)20-14-12-3-1-2-4-13(12)18-15(17)19-14/h1-8H,(H2,17,18,19). The molecule has 0 aliphatic rings. The number of fused-ring (bicyclic) bond motifs is 1. The molecule has 0 amide bonds. The molecule has 0 unspecified atom stereocenters. The second kappa shape index (κ2) is 4.86. The molecular formula is C15H10N4O. The van der Waals surface area contributed by atoms with Crippen molar-refractivity contribution < 1.29 is 4.74 Å². The van der Waals surface area contributed by atoms with Crippen molar-refractivity contribution >= 4 is 16.9 Å². The number of nitrogen functional groups attached to an aromatic ring is 1. The predicted molar refractivity (Wildman–Crippen MR) is 75.2 cm³/mol. The highest BCUT2D eigenvalue weighted by Gasteiger charge is 2.08. The van der Waals surface area contributed by atoms with Gasteiger partial charge >= 0.3 is 0 Å². The first kappa shape index (κ1) is 11.9. The van der Waals surface area contributed by atoms with Crippen LogP contribution in [0.5, 0.6) is 11.6 Å². The number of hydrogen-bond acceptors (Lipinski definition) is 5. The van der Waals surface area contributed by atoms with Crippen LogP contribution in [-0.4, -0.2) is 9.97 Å². The topological polar surface area (TPSA) is 84.8 Å². The van der Waals surface area contributed by atoms with E-state index in [0.29, 0.717) is 17.2 Å². The number of anilines is 1. The first-order valence-corrected chi connectivity index (χ1v) is 5.96. The summed E-state index contributed by atoms with van der Waals surface area (Å²) in [6.45, 7) is 0. The van der Waals surface area contributed by atoms with E-state index < -0.39 is 0 Å². The smallest absolute Gasteiger partial charge is 0.231 e. The number of hydrogen-bond donors (Lipinski definition) is 1. The summed E-state index contributed by atoms with van der Waals surface area (Å²) >= 11 is 0. The predicted octanol–water partition coefficient (Wildman–Crippen LogP) is 2.88. The summed E-state index contributed by atoms with van der Waals surface area (Å²) in [6, 6.07) is 16.3. The fourth-order valence-electron chi connectivity index (χ4n) is 1.85. The summed E-state index contributed by atoms with van der Waals surface area (Å²) in [5, 5.41) is 9.55. The molecule has 96 valence electrons. The molecule has 1 heterocycles. The SMILES string of the molecule is N#Cc1ccc(Oc2nc(N)nc3ccccc23)cc1. The molecule has 0 bridgehead atoms. The van der Waals surface area contributed by atoms with E-state index in [4.69, 9.17) is 15.7 Å². The van der Waals surface area contributed by atoms with Crippen molar-refractivity contribution in [3.05, 3.63) is 54.1 Å². The van der Waals surface area contributed by atoms with E-state index in [0.717, 1.165) is 10.9 Å². The van der Waals surface area contributed by atoms with E-state index in [2.05, 4.69) is 16.0 Å². The lowest BCUT2D eigenvalue weighted by molar-refractivity contribution is 0.469. The molecule has 0 saturated heterocycles. The third-order valence-corrected chi connectivity index (χ3v) is 2.78. The van der Waals surface area contributed by atoms with Crippen molar-refractivity contribution in [1.29, 1.82) is 5.26 Å². The van der Waals surface area contributed by atoms with E-state index >= 15 is 0 Å². The Bertz CT molecular complexity index is 806. The molecule has 0 radical (unpaired) electrons. The zero-order chi connectivity index (χ0) is 13.9. The van der Waals surface area contributed by atoms with Gasteiger partial charge in [0.25, 0.3) is 0 Å². The molecule has 20 heavy (non-hydrogen) atoms. The Morgan fingerprint density at radius 2 is 1.75 bits per heavy atom. The Kier molecular flexibility index (Phi) is 2.90. The molecule has 0 atom stereocenters. The minimum Gasteiger partial charge on any atom is -0.438 e. The highest BCUT2D eigenvalue weighted by molar-refractivity contribution is 5.84. The lowest BCUT2D eigenvalue weighted by atomic mass is 10.2. The van der Waals surface area contributed by atoms with E-state index in [9.17, 15) is 0 Å². The summed E-state index contributed by atoms with van der Waals surface area (Å²) < 4.78 is 5.73. The zero-order valence-electron chi connectivity index (χ0n) is 10.4. The lowest BCUT2D eigenvalue weighted by Gasteiger charge is -2.08. The number of nitriles is 1. The van der Waals surface area contributed by atoms with Gasteiger partial charge in [-0.05, 0) is 36.4 Å². The Labute approximate surface area is 115 Å². The molecule has 2 aromatic carbocycles. The van der Waals surface area contributed by atoms with Gasteiger partial charge in [-0.25, -0.2) is 4.98 Å². The normalized spacial score (nSPS) is 10.2. The second-order valence-corrected chi connectivity index (χ2v) is 4.14. The molecule has 0 aliphatic carbocycles. The molecule has 0 saturated carbocycles.